The van der Waals surface area contributed by atoms with E-state index in [9.17, 15) is 0 Å². The minimum atomic E-state index is 0.154. The molecule has 2 aromatic carbocycles. The summed E-state index contributed by atoms with van der Waals surface area (Å²) in [4.78, 5) is 2.66. The van der Waals surface area contributed by atoms with Gasteiger partial charge in [0.25, 0.3) is 0 Å². The topological polar surface area (TPSA) is 3.24 Å². The molecule has 0 aliphatic rings. The molecule has 2 aromatic rings. The Kier molecular flexibility index (Phi) is 7.75. The molecule has 1 heteroatoms. The van der Waals surface area contributed by atoms with E-state index in [1.54, 1.807) is 0 Å². The third kappa shape index (κ3) is 5.37. The van der Waals surface area contributed by atoms with Gasteiger partial charge in [-0.2, -0.15) is 0 Å². The highest BCUT2D eigenvalue weighted by Gasteiger charge is 2.38. The standard InChI is InChI=1S/C25H37N/c1-6-7-18-25(19-21(2)3,20-22(4)5)26(23-14-10-8-11-15-23)24-16-12-9-13-17-24/h8-17,21-22H,6-7,18-20H2,1-5H3. The van der Waals surface area contributed by atoms with Crippen LogP contribution < -0.4 is 4.90 Å². The summed E-state index contributed by atoms with van der Waals surface area (Å²) in [6.07, 6.45) is 6.19. The third-order valence-corrected chi connectivity index (χ3v) is 5.08. The number of anilines is 2. The summed E-state index contributed by atoms with van der Waals surface area (Å²) in [5.74, 6) is 1.33. The van der Waals surface area contributed by atoms with Gasteiger partial charge < -0.3 is 4.90 Å². The van der Waals surface area contributed by atoms with Crippen LogP contribution in [0, 0.1) is 11.8 Å². The molecule has 0 amide bonds. The Labute approximate surface area is 161 Å². The molecule has 0 unspecified atom stereocenters. The molecular weight excluding hydrogens is 314 g/mol. The maximum absolute atomic E-state index is 2.66. The predicted octanol–water partition coefficient (Wildman–Crippen LogP) is 7.85. The van der Waals surface area contributed by atoms with Gasteiger partial charge in [0.1, 0.15) is 0 Å². The second kappa shape index (κ2) is 9.80. The summed E-state index contributed by atoms with van der Waals surface area (Å²) >= 11 is 0. The normalized spacial score (nSPS) is 12.0. The molecule has 0 heterocycles. The lowest BCUT2D eigenvalue weighted by Crippen LogP contribution is -2.48. The van der Waals surface area contributed by atoms with Crippen molar-refractivity contribution in [3.8, 4) is 0 Å². The van der Waals surface area contributed by atoms with E-state index in [0.29, 0.717) is 11.8 Å². The maximum Gasteiger partial charge on any atom is 0.0456 e. The zero-order chi connectivity index (χ0) is 19.0. The summed E-state index contributed by atoms with van der Waals surface area (Å²) < 4.78 is 0. The minimum Gasteiger partial charge on any atom is -0.335 e. The molecular formula is C25H37N. The van der Waals surface area contributed by atoms with Gasteiger partial charge in [0, 0.05) is 16.9 Å². The van der Waals surface area contributed by atoms with Crippen molar-refractivity contribution >= 4 is 11.4 Å². The maximum atomic E-state index is 2.66. The van der Waals surface area contributed by atoms with Crippen LogP contribution in [0.2, 0.25) is 0 Å². The number of nitrogens with zero attached hydrogens (tertiary/aromatic N) is 1. The highest BCUT2D eigenvalue weighted by Crippen LogP contribution is 2.43. The Balaban J connectivity index is 2.62. The Morgan fingerprint density at radius 1 is 0.731 bits per heavy atom. The lowest BCUT2D eigenvalue weighted by atomic mass is 9.76. The molecule has 0 aromatic heterocycles. The number of hydrogen-bond acceptors (Lipinski definition) is 1. The van der Waals surface area contributed by atoms with E-state index in [2.05, 4.69) is 100 Å². The summed E-state index contributed by atoms with van der Waals surface area (Å²) in [6, 6.07) is 22.0. The Bertz CT molecular complexity index is 566. The molecule has 0 spiro atoms. The van der Waals surface area contributed by atoms with Gasteiger partial charge in [0.05, 0.1) is 0 Å². The quantitative estimate of drug-likeness (QED) is 0.421. The van der Waals surface area contributed by atoms with Crippen LogP contribution in [0.3, 0.4) is 0 Å². The van der Waals surface area contributed by atoms with Gasteiger partial charge >= 0.3 is 0 Å². The van der Waals surface area contributed by atoms with Gasteiger partial charge in [-0.3, -0.25) is 0 Å². The van der Waals surface area contributed by atoms with Crippen molar-refractivity contribution in [2.75, 3.05) is 4.90 Å². The van der Waals surface area contributed by atoms with E-state index in [1.165, 1.54) is 43.5 Å². The van der Waals surface area contributed by atoms with Gasteiger partial charge in [0.15, 0.2) is 0 Å². The molecule has 0 N–H and O–H groups in total. The van der Waals surface area contributed by atoms with Crippen LogP contribution in [0.25, 0.3) is 0 Å². The average molecular weight is 352 g/mol. The number of unbranched alkanes of at least 4 members (excludes halogenated alkanes) is 1. The average Bonchev–Trinajstić information content (AvgIpc) is 2.61. The summed E-state index contributed by atoms with van der Waals surface area (Å²) in [5.41, 5.74) is 2.79. The molecule has 26 heavy (non-hydrogen) atoms. The predicted molar refractivity (Wildman–Crippen MR) is 116 cm³/mol. The summed E-state index contributed by atoms with van der Waals surface area (Å²) in [6.45, 7) is 11.8. The van der Waals surface area contributed by atoms with Crippen molar-refractivity contribution in [2.45, 2.75) is 72.3 Å². The van der Waals surface area contributed by atoms with E-state index in [0.717, 1.165) is 0 Å². The second-order valence-corrected chi connectivity index (χ2v) is 8.53. The number of rotatable bonds is 10. The molecule has 0 fully saturated rings. The van der Waals surface area contributed by atoms with Gasteiger partial charge in [-0.15, -0.1) is 0 Å². The lowest BCUT2D eigenvalue weighted by molar-refractivity contribution is 0.258. The molecule has 2 rings (SSSR count). The van der Waals surface area contributed by atoms with Crippen LogP contribution >= 0.6 is 0 Å². The second-order valence-electron chi connectivity index (χ2n) is 8.53. The number of hydrogen-bond donors (Lipinski definition) is 0. The van der Waals surface area contributed by atoms with E-state index in [-0.39, 0.29) is 5.54 Å². The van der Waals surface area contributed by atoms with Crippen LogP contribution in [-0.2, 0) is 0 Å². The van der Waals surface area contributed by atoms with Crippen molar-refractivity contribution in [3.05, 3.63) is 60.7 Å². The molecule has 142 valence electrons. The first-order valence-electron chi connectivity index (χ1n) is 10.4. The molecule has 0 aliphatic carbocycles. The highest BCUT2D eigenvalue weighted by molar-refractivity contribution is 5.65. The van der Waals surface area contributed by atoms with Crippen LogP contribution in [0.5, 0.6) is 0 Å². The van der Waals surface area contributed by atoms with E-state index in [1.807, 2.05) is 0 Å². The Hall–Kier alpha value is -1.76. The molecule has 0 aliphatic heterocycles. The van der Waals surface area contributed by atoms with Crippen molar-refractivity contribution < 1.29 is 0 Å². The van der Waals surface area contributed by atoms with Crippen LogP contribution in [0.4, 0.5) is 11.4 Å². The largest absolute Gasteiger partial charge is 0.335 e. The fourth-order valence-electron chi connectivity index (χ4n) is 4.46. The smallest absolute Gasteiger partial charge is 0.0456 e. The van der Waals surface area contributed by atoms with E-state index < -0.39 is 0 Å². The first-order valence-corrected chi connectivity index (χ1v) is 10.4. The highest BCUT2D eigenvalue weighted by atomic mass is 15.2. The van der Waals surface area contributed by atoms with Gasteiger partial charge in [-0.1, -0.05) is 83.9 Å². The minimum absolute atomic E-state index is 0.154. The summed E-state index contributed by atoms with van der Waals surface area (Å²) in [5, 5.41) is 0. The molecule has 0 radical (unpaired) electrons. The van der Waals surface area contributed by atoms with Gasteiger partial charge in [-0.25, -0.2) is 0 Å². The van der Waals surface area contributed by atoms with Gasteiger partial charge in [0.2, 0.25) is 0 Å². The fourth-order valence-corrected chi connectivity index (χ4v) is 4.46. The summed E-state index contributed by atoms with van der Waals surface area (Å²) in [7, 11) is 0. The first-order chi connectivity index (χ1) is 12.5. The molecule has 0 saturated heterocycles. The number of benzene rings is 2. The van der Waals surface area contributed by atoms with Crippen LogP contribution in [0.15, 0.2) is 60.7 Å². The van der Waals surface area contributed by atoms with Crippen LogP contribution in [0.1, 0.15) is 66.7 Å². The monoisotopic (exact) mass is 351 g/mol. The van der Waals surface area contributed by atoms with Gasteiger partial charge in [-0.05, 0) is 55.4 Å². The fraction of sp³-hybridized carbons (Fsp3) is 0.520. The molecule has 0 saturated carbocycles. The van der Waals surface area contributed by atoms with Crippen molar-refractivity contribution in [3.63, 3.8) is 0 Å². The third-order valence-electron chi connectivity index (χ3n) is 5.08. The molecule has 1 nitrogen and oxygen atoms in total. The lowest BCUT2D eigenvalue weighted by Gasteiger charge is -2.48. The van der Waals surface area contributed by atoms with Crippen molar-refractivity contribution in [1.82, 2.24) is 0 Å². The van der Waals surface area contributed by atoms with Crippen molar-refractivity contribution in [2.24, 2.45) is 11.8 Å². The van der Waals surface area contributed by atoms with Crippen LogP contribution in [-0.4, -0.2) is 5.54 Å². The van der Waals surface area contributed by atoms with Crippen molar-refractivity contribution in [1.29, 1.82) is 0 Å². The zero-order valence-electron chi connectivity index (χ0n) is 17.4. The Morgan fingerprint density at radius 3 is 1.50 bits per heavy atom. The molecule has 0 bridgehead atoms. The zero-order valence-corrected chi connectivity index (χ0v) is 17.4. The Morgan fingerprint density at radius 2 is 1.15 bits per heavy atom. The van der Waals surface area contributed by atoms with E-state index >= 15 is 0 Å². The van der Waals surface area contributed by atoms with E-state index in [4.69, 9.17) is 0 Å². The number of para-hydroxylation sites is 2. The SMILES string of the molecule is CCCCC(CC(C)C)(CC(C)C)N(c1ccccc1)c1ccccc1. The molecule has 0 atom stereocenters. The first kappa shape index (κ1) is 20.6.